The molecule has 1 amide bonds. The van der Waals surface area contributed by atoms with Crippen LogP contribution in [-0.4, -0.2) is 32.3 Å². The molecule has 8 heteroatoms. The number of carbonyl (C=O) groups is 1. The first kappa shape index (κ1) is 19.9. The highest BCUT2D eigenvalue weighted by Crippen LogP contribution is 2.42. The van der Waals surface area contributed by atoms with E-state index in [1.807, 2.05) is 0 Å². The molecule has 1 fully saturated rings. The van der Waals surface area contributed by atoms with Crippen molar-refractivity contribution in [3.8, 4) is 0 Å². The number of fused-ring (bicyclic) bond motifs is 1. The molecule has 0 N–H and O–H groups in total. The minimum atomic E-state index is -4.07. The van der Waals surface area contributed by atoms with Crippen LogP contribution in [0.1, 0.15) is 19.8 Å². The molecule has 5 nitrogen and oxygen atoms in total. The minimum Gasteiger partial charge on any atom is -0.338 e. The number of hydrogen-bond donors (Lipinski definition) is 0. The minimum absolute atomic E-state index is 0.0682. The average molecular weight is 435 g/mol. The van der Waals surface area contributed by atoms with Gasteiger partial charge in [0.15, 0.2) is 4.91 Å². The molecule has 2 heterocycles. The van der Waals surface area contributed by atoms with Crippen LogP contribution in [0.3, 0.4) is 0 Å². The second-order valence-electron chi connectivity index (χ2n) is 7.40. The summed E-state index contributed by atoms with van der Waals surface area (Å²) in [6.45, 7) is 3.11. The number of carbonyl (C=O) groups excluding carboxylic acids is 1. The second kappa shape index (κ2) is 7.46. The molecule has 1 saturated heterocycles. The average Bonchev–Trinajstić information content (AvgIpc) is 2.69. The molecule has 0 bridgehead atoms. The van der Waals surface area contributed by atoms with Gasteiger partial charge in [-0.3, -0.25) is 4.79 Å². The zero-order valence-electron chi connectivity index (χ0n) is 15.8. The molecule has 0 spiro atoms. The summed E-state index contributed by atoms with van der Waals surface area (Å²) in [5.74, 6) is -0.597. The molecule has 0 aliphatic carbocycles. The van der Waals surface area contributed by atoms with Crippen molar-refractivity contribution >= 4 is 38.7 Å². The van der Waals surface area contributed by atoms with Gasteiger partial charge in [-0.15, -0.1) is 0 Å². The van der Waals surface area contributed by atoms with E-state index in [0.29, 0.717) is 24.0 Å². The highest BCUT2D eigenvalue weighted by molar-refractivity contribution is 7.96. The number of halogens is 2. The van der Waals surface area contributed by atoms with Gasteiger partial charge in [0.1, 0.15) is 5.82 Å². The molecule has 0 atom stereocenters. The predicted octanol–water partition coefficient (Wildman–Crippen LogP) is 4.50. The number of anilines is 2. The lowest BCUT2D eigenvalue weighted by Gasteiger charge is -2.33. The van der Waals surface area contributed by atoms with E-state index in [4.69, 9.17) is 11.6 Å². The normalized spacial score (nSPS) is 18.9. The van der Waals surface area contributed by atoms with Gasteiger partial charge < -0.3 is 9.80 Å². The van der Waals surface area contributed by atoms with Crippen molar-refractivity contribution in [1.82, 2.24) is 4.90 Å². The van der Waals surface area contributed by atoms with Gasteiger partial charge in [-0.1, -0.05) is 30.7 Å². The van der Waals surface area contributed by atoms with Crippen LogP contribution in [-0.2, 0) is 14.6 Å². The molecule has 0 unspecified atom stereocenters. The van der Waals surface area contributed by atoms with Crippen LogP contribution in [0.15, 0.2) is 58.5 Å². The molecule has 2 aromatic carbocycles. The first-order chi connectivity index (χ1) is 13.8. The Bertz CT molecular complexity index is 1110. The summed E-state index contributed by atoms with van der Waals surface area (Å²) < 4.78 is 41.0. The van der Waals surface area contributed by atoms with Crippen LogP contribution < -0.4 is 4.90 Å². The predicted molar refractivity (Wildman–Crippen MR) is 110 cm³/mol. The maximum atomic E-state index is 14.5. The Morgan fingerprint density at radius 1 is 1.10 bits per heavy atom. The Kier molecular flexibility index (Phi) is 5.12. The van der Waals surface area contributed by atoms with Gasteiger partial charge in [-0.05, 0) is 49.1 Å². The van der Waals surface area contributed by atoms with Gasteiger partial charge in [-0.25, -0.2) is 12.8 Å². The van der Waals surface area contributed by atoms with Gasteiger partial charge in [0.2, 0.25) is 9.84 Å². The van der Waals surface area contributed by atoms with Gasteiger partial charge in [0.25, 0.3) is 5.91 Å². The SMILES string of the molecule is CC1CCN(C(=O)C2=CN(c3ccccc3F)c3cc(Cl)ccc3S2(=O)=O)CC1. The van der Waals surface area contributed by atoms with Crippen LogP contribution >= 0.6 is 11.6 Å². The molecule has 152 valence electrons. The first-order valence-corrected chi connectivity index (χ1v) is 11.2. The summed E-state index contributed by atoms with van der Waals surface area (Å²) in [4.78, 5) is 15.7. The number of piperidine rings is 1. The molecule has 2 aromatic rings. The molecular formula is C21H20ClFN2O3S. The van der Waals surface area contributed by atoms with Gasteiger partial charge in [0.05, 0.1) is 16.3 Å². The molecule has 0 saturated carbocycles. The molecule has 29 heavy (non-hydrogen) atoms. The van der Waals surface area contributed by atoms with Crippen molar-refractivity contribution in [3.63, 3.8) is 0 Å². The van der Waals surface area contributed by atoms with Crippen molar-refractivity contribution in [2.45, 2.75) is 24.7 Å². The Labute approximate surface area is 174 Å². The number of hydrogen-bond acceptors (Lipinski definition) is 4. The van der Waals surface area contributed by atoms with E-state index in [0.717, 1.165) is 12.8 Å². The second-order valence-corrected chi connectivity index (χ2v) is 9.73. The maximum absolute atomic E-state index is 14.5. The van der Waals surface area contributed by atoms with Crippen molar-refractivity contribution < 1.29 is 17.6 Å². The summed E-state index contributed by atoms with van der Waals surface area (Å²) in [7, 11) is -4.07. The number of sulfone groups is 1. The number of benzene rings is 2. The number of nitrogens with zero attached hydrogens (tertiary/aromatic N) is 2. The fourth-order valence-electron chi connectivity index (χ4n) is 3.66. The van der Waals surface area contributed by atoms with E-state index in [1.165, 1.54) is 41.4 Å². The quantitative estimate of drug-likeness (QED) is 0.698. The van der Waals surface area contributed by atoms with Crippen molar-refractivity contribution in [3.05, 3.63) is 64.4 Å². The van der Waals surface area contributed by atoms with Crippen molar-refractivity contribution in [2.24, 2.45) is 5.92 Å². The fraction of sp³-hybridized carbons (Fsp3) is 0.286. The smallest absolute Gasteiger partial charge is 0.267 e. The van der Waals surface area contributed by atoms with Crippen LogP contribution in [0.4, 0.5) is 15.8 Å². The summed E-state index contributed by atoms with van der Waals surface area (Å²) in [6.07, 6.45) is 2.86. The standard InChI is InChI=1S/C21H20ClFN2O3S/c1-14-8-10-24(11-9-14)21(26)20-13-25(17-5-3-2-4-16(17)23)18-12-15(22)6-7-19(18)29(20,27)28/h2-7,12-14H,8-11H2,1H3. The topological polar surface area (TPSA) is 57.7 Å². The van der Waals surface area contributed by atoms with Crippen molar-refractivity contribution in [2.75, 3.05) is 18.0 Å². The molecular weight excluding hydrogens is 415 g/mol. The van der Waals surface area contributed by atoms with Gasteiger partial charge >= 0.3 is 0 Å². The highest BCUT2D eigenvalue weighted by atomic mass is 35.5. The van der Waals surface area contributed by atoms with Crippen molar-refractivity contribution in [1.29, 1.82) is 0 Å². The van der Waals surface area contributed by atoms with Gasteiger partial charge in [-0.2, -0.15) is 0 Å². The van der Waals surface area contributed by atoms with E-state index in [1.54, 1.807) is 17.0 Å². The van der Waals surface area contributed by atoms with Crippen LogP contribution in [0.5, 0.6) is 0 Å². The number of para-hydroxylation sites is 1. The third kappa shape index (κ3) is 3.53. The number of rotatable bonds is 2. The Morgan fingerprint density at radius 3 is 2.48 bits per heavy atom. The Hall–Kier alpha value is -2.38. The lowest BCUT2D eigenvalue weighted by atomic mass is 9.99. The zero-order chi connectivity index (χ0) is 20.8. The van der Waals surface area contributed by atoms with Crippen LogP contribution in [0.2, 0.25) is 5.02 Å². The van der Waals surface area contributed by atoms with E-state index < -0.39 is 21.6 Å². The molecule has 2 aliphatic rings. The van der Waals surface area contributed by atoms with Crippen LogP contribution in [0, 0.1) is 11.7 Å². The maximum Gasteiger partial charge on any atom is 0.267 e. The Balaban J connectivity index is 1.86. The summed E-state index contributed by atoms with van der Waals surface area (Å²) in [6, 6.07) is 10.3. The van der Waals surface area contributed by atoms with E-state index >= 15 is 0 Å². The largest absolute Gasteiger partial charge is 0.338 e. The molecule has 4 rings (SSSR count). The number of amides is 1. The third-order valence-corrected chi connectivity index (χ3v) is 7.42. The van der Waals surface area contributed by atoms with Gasteiger partial charge in [0, 0.05) is 24.3 Å². The van der Waals surface area contributed by atoms with Crippen LogP contribution in [0.25, 0.3) is 0 Å². The lowest BCUT2D eigenvalue weighted by molar-refractivity contribution is -0.127. The monoisotopic (exact) mass is 434 g/mol. The summed E-state index contributed by atoms with van der Waals surface area (Å²) in [5, 5.41) is 0.313. The molecule has 0 aromatic heterocycles. The van der Waals surface area contributed by atoms with E-state index in [9.17, 15) is 17.6 Å². The van der Waals surface area contributed by atoms with E-state index in [2.05, 4.69) is 6.92 Å². The third-order valence-electron chi connectivity index (χ3n) is 5.40. The first-order valence-electron chi connectivity index (χ1n) is 9.38. The Morgan fingerprint density at radius 2 is 1.79 bits per heavy atom. The lowest BCUT2D eigenvalue weighted by Crippen LogP contribution is -2.41. The van der Waals surface area contributed by atoms with E-state index in [-0.39, 0.29) is 21.2 Å². The highest BCUT2D eigenvalue weighted by Gasteiger charge is 2.38. The molecule has 0 radical (unpaired) electrons. The summed E-state index contributed by atoms with van der Waals surface area (Å²) in [5.41, 5.74) is 0.356. The zero-order valence-corrected chi connectivity index (χ0v) is 17.4. The summed E-state index contributed by atoms with van der Waals surface area (Å²) >= 11 is 6.09. The molecule has 2 aliphatic heterocycles. The number of likely N-dealkylation sites (tertiary alicyclic amines) is 1. The fourth-order valence-corrected chi connectivity index (χ4v) is 5.35.